The molecule has 0 aliphatic carbocycles. The lowest BCUT2D eigenvalue weighted by atomic mass is 10.4. The zero-order valence-corrected chi connectivity index (χ0v) is 10.7. The lowest BCUT2D eigenvalue weighted by Crippen LogP contribution is -2.40. The first-order chi connectivity index (χ1) is 8.01. The van der Waals surface area contributed by atoms with Crippen LogP contribution >= 0.6 is 0 Å². The Balaban J connectivity index is 3.42. The Kier molecular flexibility index (Phi) is 4.25. The molecule has 1 aromatic rings. The van der Waals surface area contributed by atoms with Gasteiger partial charge < -0.3 is 5.01 Å². The quantitative estimate of drug-likeness (QED) is 0.545. The van der Waals surface area contributed by atoms with E-state index < -0.39 is 0 Å². The van der Waals surface area contributed by atoms with E-state index in [1.54, 1.807) is 26.0 Å². The topological polar surface area (TPSA) is 59.6 Å². The van der Waals surface area contributed by atoms with Crippen molar-refractivity contribution < 1.29 is 0 Å². The third-order valence-corrected chi connectivity index (χ3v) is 2.36. The van der Waals surface area contributed by atoms with Gasteiger partial charge >= 0.3 is 5.69 Å². The van der Waals surface area contributed by atoms with Crippen LogP contribution in [-0.4, -0.2) is 34.5 Å². The molecule has 6 heteroatoms. The summed E-state index contributed by atoms with van der Waals surface area (Å²) in [6.45, 7) is 4.52. The molecule has 0 amide bonds. The number of nitrogens with zero attached hydrogens (tertiary/aromatic N) is 4. The van der Waals surface area contributed by atoms with Crippen LogP contribution in [0, 0.1) is 0 Å². The first-order valence-electron chi connectivity index (χ1n) is 5.57. The standard InChI is InChI=1S/C11H18N4O2/c1-5-14-9(8-12-13(3)4)7-10(16)15(6-2)11(14)17/h7-8H,5-6H2,1-4H3/b12-8+. The van der Waals surface area contributed by atoms with Crippen molar-refractivity contribution in [3.8, 4) is 0 Å². The maximum atomic E-state index is 12.0. The molecule has 0 atom stereocenters. The van der Waals surface area contributed by atoms with Crippen LogP contribution < -0.4 is 11.2 Å². The first kappa shape index (κ1) is 13.2. The minimum absolute atomic E-state index is 0.289. The summed E-state index contributed by atoms with van der Waals surface area (Å²) in [5, 5.41) is 5.65. The zero-order valence-electron chi connectivity index (χ0n) is 10.7. The van der Waals surface area contributed by atoms with Crippen molar-refractivity contribution in [2.45, 2.75) is 26.9 Å². The van der Waals surface area contributed by atoms with Gasteiger partial charge in [-0.05, 0) is 13.8 Å². The molecular weight excluding hydrogens is 220 g/mol. The summed E-state index contributed by atoms with van der Waals surface area (Å²) >= 11 is 0. The molecule has 94 valence electrons. The van der Waals surface area contributed by atoms with Gasteiger partial charge in [0, 0.05) is 33.3 Å². The smallest absolute Gasteiger partial charge is 0.303 e. The van der Waals surface area contributed by atoms with Crippen LogP contribution in [0.25, 0.3) is 0 Å². The molecule has 6 nitrogen and oxygen atoms in total. The first-order valence-corrected chi connectivity index (χ1v) is 5.57. The Hall–Kier alpha value is -1.85. The second-order valence-electron chi connectivity index (χ2n) is 3.77. The highest BCUT2D eigenvalue weighted by Gasteiger charge is 2.07. The molecule has 0 radical (unpaired) electrons. The second-order valence-corrected chi connectivity index (χ2v) is 3.77. The van der Waals surface area contributed by atoms with Crippen molar-refractivity contribution in [2.24, 2.45) is 5.10 Å². The molecule has 0 unspecified atom stereocenters. The second kappa shape index (κ2) is 5.47. The molecule has 17 heavy (non-hydrogen) atoms. The highest BCUT2D eigenvalue weighted by atomic mass is 16.2. The molecule has 1 heterocycles. The maximum Gasteiger partial charge on any atom is 0.331 e. The number of hydrazone groups is 1. The summed E-state index contributed by atoms with van der Waals surface area (Å²) in [7, 11) is 3.55. The van der Waals surface area contributed by atoms with Gasteiger partial charge in [-0.25, -0.2) is 4.79 Å². The molecule has 1 aromatic heterocycles. The number of aromatic nitrogens is 2. The molecule has 0 saturated carbocycles. The maximum absolute atomic E-state index is 12.0. The van der Waals surface area contributed by atoms with E-state index in [1.165, 1.54) is 21.4 Å². The molecular formula is C11H18N4O2. The minimum Gasteiger partial charge on any atom is -0.303 e. The van der Waals surface area contributed by atoms with E-state index >= 15 is 0 Å². The van der Waals surface area contributed by atoms with Crippen molar-refractivity contribution in [3.63, 3.8) is 0 Å². The minimum atomic E-state index is -0.289. The summed E-state index contributed by atoms with van der Waals surface area (Å²) in [6, 6.07) is 1.43. The van der Waals surface area contributed by atoms with E-state index in [0.717, 1.165) is 0 Å². The van der Waals surface area contributed by atoms with Crippen LogP contribution in [0.4, 0.5) is 0 Å². The highest BCUT2D eigenvalue weighted by molar-refractivity contribution is 5.76. The highest BCUT2D eigenvalue weighted by Crippen LogP contribution is 1.90. The van der Waals surface area contributed by atoms with Gasteiger partial charge in [0.25, 0.3) is 5.56 Å². The Morgan fingerprint density at radius 3 is 2.29 bits per heavy atom. The van der Waals surface area contributed by atoms with E-state index in [2.05, 4.69) is 5.10 Å². The van der Waals surface area contributed by atoms with Gasteiger partial charge in [-0.1, -0.05) is 0 Å². The van der Waals surface area contributed by atoms with E-state index in [-0.39, 0.29) is 11.2 Å². The third kappa shape index (κ3) is 2.83. The van der Waals surface area contributed by atoms with E-state index in [1.807, 2.05) is 6.92 Å². The average Bonchev–Trinajstić information content (AvgIpc) is 2.26. The SMILES string of the molecule is CCn1c(/C=N/N(C)C)cc(=O)n(CC)c1=O. The third-order valence-electron chi connectivity index (χ3n) is 2.36. The van der Waals surface area contributed by atoms with Gasteiger partial charge in [-0.3, -0.25) is 13.9 Å². The summed E-state index contributed by atoms with van der Waals surface area (Å²) in [5.74, 6) is 0. The van der Waals surface area contributed by atoms with Crippen molar-refractivity contribution in [3.05, 3.63) is 32.6 Å². The van der Waals surface area contributed by atoms with E-state index in [0.29, 0.717) is 18.8 Å². The zero-order chi connectivity index (χ0) is 13.0. The lowest BCUT2D eigenvalue weighted by molar-refractivity contribution is 0.439. The number of hydrogen-bond donors (Lipinski definition) is 0. The van der Waals surface area contributed by atoms with Gasteiger partial charge in [0.2, 0.25) is 0 Å². The molecule has 0 aromatic carbocycles. The predicted molar refractivity (Wildman–Crippen MR) is 67.6 cm³/mol. The summed E-state index contributed by atoms with van der Waals surface area (Å²) in [6.07, 6.45) is 1.52. The van der Waals surface area contributed by atoms with Crippen LogP contribution in [-0.2, 0) is 13.1 Å². The van der Waals surface area contributed by atoms with Gasteiger partial charge in [-0.2, -0.15) is 5.10 Å². The summed E-state index contributed by atoms with van der Waals surface area (Å²) < 4.78 is 2.73. The molecule has 0 saturated heterocycles. The van der Waals surface area contributed by atoms with Crippen molar-refractivity contribution in [1.29, 1.82) is 0 Å². The average molecular weight is 238 g/mol. The Bertz CT molecular complexity index is 525. The fourth-order valence-electron chi connectivity index (χ4n) is 1.52. The van der Waals surface area contributed by atoms with Gasteiger partial charge in [-0.15, -0.1) is 0 Å². The Morgan fingerprint density at radius 2 is 1.82 bits per heavy atom. The fourth-order valence-corrected chi connectivity index (χ4v) is 1.52. The van der Waals surface area contributed by atoms with Crippen LogP contribution in [0.1, 0.15) is 19.5 Å². The van der Waals surface area contributed by atoms with Crippen LogP contribution in [0.3, 0.4) is 0 Å². The van der Waals surface area contributed by atoms with Crippen LogP contribution in [0.2, 0.25) is 0 Å². The lowest BCUT2D eigenvalue weighted by Gasteiger charge is -2.10. The molecule has 1 rings (SSSR count). The molecule has 0 aliphatic rings. The van der Waals surface area contributed by atoms with Crippen molar-refractivity contribution in [1.82, 2.24) is 14.1 Å². The van der Waals surface area contributed by atoms with Crippen LogP contribution in [0.5, 0.6) is 0 Å². The Labute approximate surface area is 99.8 Å². The molecule has 0 aliphatic heterocycles. The largest absolute Gasteiger partial charge is 0.331 e. The monoisotopic (exact) mass is 238 g/mol. The van der Waals surface area contributed by atoms with E-state index in [9.17, 15) is 9.59 Å². The molecule has 0 N–H and O–H groups in total. The Morgan fingerprint density at radius 1 is 1.24 bits per heavy atom. The summed E-state index contributed by atoms with van der Waals surface area (Å²) in [5.41, 5.74) is -0.0500. The van der Waals surface area contributed by atoms with Crippen molar-refractivity contribution in [2.75, 3.05) is 14.1 Å². The predicted octanol–water partition coefficient (Wildman–Crippen LogP) is -0.0547. The molecule has 0 spiro atoms. The summed E-state index contributed by atoms with van der Waals surface area (Å²) in [4.78, 5) is 23.6. The fraction of sp³-hybridized carbons (Fsp3) is 0.545. The molecule has 0 bridgehead atoms. The van der Waals surface area contributed by atoms with Crippen molar-refractivity contribution >= 4 is 6.21 Å². The van der Waals surface area contributed by atoms with Gasteiger partial charge in [0.15, 0.2) is 0 Å². The number of rotatable bonds is 4. The van der Waals surface area contributed by atoms with Crippen LogP contribution in [0.15, 0.2) is 20.8 Å². The molecule has 0 fully saturated rings. The van der Waals surface area contributed by atoms with E-state index in [4.69, 9.17) is 0 Å². The van der Waals surface area contributed by atoms with Gasteiger partial charge in [0.05, 0.1) is 11.9 Å². The van der Waals surface area contributed by atoms with Gasteiger partial charge in [0.1, 0.15) is 0 Å². The normalized spacial score (nSPS) is 11.1. The number of hydrogen-bond acceptors (Lipinski definition) is 4.